The van der Waals surface area contributed by atoms with Crippen LogP contribution < -0.4 is 14.8 Å². The van der Waals surface area contributed by atoms with Gasteiger partial charge in [-0.3, -0.25) is 0 Å². The van der Waals surface area contributed by atoms with Crippen LogP contribution in [0, 0.1) is 10.5 Å². The van der Waals surface area contributed by atoms with Gasteiger partial charge in [0.05, 0.1) is 14.2 Å². The van der Waals surface area contributed by atoms with Gasteiger partial charge < -0.3 is 14.8 Å². The summed E-state index contributed by atoms with van der Waals surface area (Å²) in [7, 11) is 3.30. The molecule has 0 aliphatic carbocycles. The maximum Gasteiger partial charge on any atom is 0.161 e. The summed E-state index contributed by atoms with van der Waals surface area (Å²) in [6.07, 6.45) is 0. The molecule has 1 atom stereocenters. The largest absolute Gasteiger partial charge is 0.493 e. The first-order chi connectivity index (χ1) is 10.0. The predicted octanol–water partition coefficient (Wildman–Crippen LogP) is 4.79. The molecule has 2 rings (SSSR count). The second-order valence-electron chi connectivity index (χ2n) is 4.94. The molecule has 3 nitrogen and oxygen atoms in total. The summed E-state index contributed by atoms with van der Waals surface area (Å²) in [5, 5.41) is 3.54. The summed E-state index contributed by atoms with van der Waals surface area (Å²) in [5.74, 6) is 1.50. The molecule has 1 N–H and O–H groups in total. The number of hydrogen-bond donors (Lipinski definition) is 1. The van der Waals surface area contributed by atoms with E-state index in [0.717, 1.165) is 22.7 Å². The van der Waals surface area contributed by atoms with Crippen LogP contribution in [0.15, 0.2) is 36.4 Å². The summed E-state index contributed by atoms with van der Waals surface area (Å²) in [5.41, 5.74) is 3.55. The van der Waals surface area contributed by atoms with E-state index in [2.05, 4.69) is 66.0 Å². The van der Waals surface area contributed by atoms with Gasteiger partial charge in [-0.25, -0.2) is 0 Å². The van der Waals surface area contributed by atoms with E-state index in [1.807, 2.05) is 12.1 Å². The minimum atomic E-state index is 0.184. The SMILES string of the molecule is COc1ccc(C(C)Nc2ccc(I)cc2C)cc1OC. The van der Waals surface area contributed by atoms with Gasteiger partial charge in [0, 0.05) is 15.3 Å². The minimum Gasteiger partial charge on any atom is -0.493 e. The van der Waals surface area contributed by atoms with Gasteiger partial charge in [-0.15, -0.1) is 0 Å². The zero-order valence-electron chi connectivity index (χ0n) is 12.7. The Morgan fingerprint density at radius 1 is 1.00 bits per heavy atom. The number of anilines is 1. The molecule has 0 aliphatic heterocycles. The Labute approximate surface area is 139 Å². The van der Waals surface area contributed by atoms with E-state index in [4.69, 9.17) is 9.47 Å². The van der Waals surface area contributed by atoms with Crippen molar-refractivity contribution in [1.82, 2.24) is 0 Å². The molecule has 21 heavy (non-hydrogen) atoms. The van der Waals surface area contributed by atoms with Crippen molar-refractivity contribution in [3.8, 4) is 11.5 Å². The fraction of sp³-hybridized carbons (Fsp3) is 0.294. The van der Waals surface area contributed by atoms with Crippen LogP contribution in [0.25, 0.3) is 0 Å². The Kier molecular flexibility index (Phi) is 5.33. The third-order valence-corrected chi connectivity index (χ3v) is 4.14. The van der Waals surface area contributed by atoms with Crippen LogP contribution >= 0.6 is 22.6 Å². The molecule has 0 saturated heterocycles. The van der Waals surface area contributed by atoms with E-state index >= 15 is 0 Å². The molecule has 0 bridgehead atoms. The van der Waals surface area contributed by atoms with Gasteiger partial charge in [-0.05, 0) is 77.9 Å². The maximum atomic E-state index is 5.36. The number of methoxy groups -OCH3 is 2. The lowest BCUT2D eigenvalue weighted by Gasteiger charge is -2.19. The van der Waals surface area contributed by atoms with Crippen molar-refractivity contribution in [2.75, 3.05) is 19.5 Å². The highest BCUT2D eigenvalue weighted by molar-refractivity contribution is 14.1. The van der Waals surface area contributed by atoms with E-state index < -0.39 is 0 Å². The molecule has 0 fully saturated rings. The first-order valence-corrected chi connectivity index (χ1v) is 7.87. The molecular weight excluding hydrogens is 377 g/mol. The normalized spacial score (nSPS) is 11.9. The van der Waals surface area contributed by atoms with Crippen LogP contribution in [-0.2, 0) is 0 Å². The fourth-order valence-electron chi connectivity index (χ4n) is 2.23. The molecule has 0 heterocycles. The van der Waals surface area contributed by atoms with Gasteiger partial charge in [0.2, 0.25) is 0 Å². The summed E-state index contributed by atoms with van der Waals surface area (Å²) >= 11 is 2.33. The van der Waals surface area contributed by atoms with E-state index in [9.17, 15) is 0 Å². The zero-order chi connectivity index (χ0) is 15.4. The first kappa shape index (κ1) is 15.9. The highest BCUT2D eigenvalue weighted by atomic mass is 127. The second-order valence-corrected chi connectivity index (χ2v) is 6.19. The summed E-state index contributed by atoms with van der Waals surface area (Å²) in [4.78, 5) is 0. The van der Waals surface area contributed by atoms with Crippen LogP contribution in [0.1, 0.15) is 24.1 Å². The number of benzene rings is 2. The van der Waals surface area contributed by atoms with Gasteiger partial charge in [0.15, 0.2) is 11.5 Å². The lowest BCUT2D eigenvalue weighted by Crippen LogP contribution is -2.08. The molecule has 1 unspecified atom stereocenters. The third kappa shape index (κ3) is 3.81. The second kappa shape index (κ2) is 7.02. The van der Waals surface area contributed by atoms with Gasteiger partial charge in [-0.2, -0.15) is 0 Å². The average Bonchev–Trinajstić information content (AvgIpc) is 2.49. The number of halogens is 1. The van der Waals surface area contributed by atoms with E-state index in [1.165, 1.54) is 9.13 Å². The van der Waals surface area contributed by atoms with Gasteiger partial charge in [0.25, 0.3) is 0 Å². The summed E-state index contributed by atoms with van der Waals surface area (Å²) in [6.45, 7) is 4.25. The Morgan fingerprint density at radius 3 is 2.33 bits per heavy atom. The molecule has 4 heteroatoms. The lowest BCUT2D eigenvalue weighted by atomic mass is 10.1. The lowest BCUT2D eigenvalue weighted by molar-refractivity contribution is 0.354. The Bertz CT molecular complexity index is 628. The van der Waals surface area contributed by atoms with Gasteiger partial charge >= 0.3 is 0 Å². The molecule has 0 saturated carbocycles. The average molecular weight is 397 g/mol. The number of hydrogen-bond acceptors (Lipinski definition) is 3. The zero-order valence-corrected chi connectivity index (χ0v) is 14.9. The van der Waals surface area contributed by atoms with Crippen molar-refractivity contribution in [2.45, 2.75) is 19.9 Å². The number of ether oxygens (including phenoxy) is 2. The fourth-order valence-corrected chi connectivity index (χ4v) is 2.87. The number of nitrogens with one attached hydrogen (secondary N) is 1. The molecule has 2 aromatic carbocycles. The molecule has 0 spiro atoms. The minimum absolute atomic E-state index is 0.184. The van der Waals surface area contributed by atoms with Gasteiger partial charge in [0.1, 0.15) is 0 Å². The maximum absolute atomic E-state index is 5.36. The van der Waals surface area contributed by atoms with Gasteiger partial charge in [-0.1, -0.05) is 6.07 Å². The third-order valence-electron chi connectivity index (χ3n) is 3.47. The molecule has 2 aromatic rings. The molecular formula is C17H20INO2. The molecule has 0 amide bonds. The Hall–Kier alpha value is -1.43. The van der Waals surface area contributed by atoms with E-state index in [0.29, 0.717) is 0 Å². The summed E-state index contributed by atoms with van der Waals surface area (Å²) in [6, 6.07) is 12.6. The van der Waals surface area contributed by atoms with Crippen molar-refractivity contribution in [1.29, 1.82) is 0 Å². The van der Waals surface area contributed by atoms with Crippen molar-refractivity contribution in [3.05, 3.63) is 51.1 Å². The van der Waals surface area contributed by atoms with Crippen LogP contribution in [-0.4, -0.2) is 14.2 Å². The van der Waals surface area contributed by atoms with Crippen molar-refractivity contribution < 1.29 is 9.47 Å². The molecule has 0 aliphatic rings. The predicted molar refractivity (Wildman–Crippen MR) is 95.5 cm³/mol. The van der Waals surface area contributed by atoms with Crippen LogP contribution in [0.3, 0.4) is 0 Å². The topological polar surface area (TPSA) is 30.5 Å². The highest BCUT2D eigenvalue weighted by Gasteiger charge is 2.11. The Balaban J connectivity index is 2.21. The number of rotatable bonds is 5. The summed E-state index contributed by atoms with van der Waals surface area (Å²) < 4.78 is 11.9. The molecule has 0 aromatic heterocycles. The monoisotopic (exact) mass is 397 g/mol. The molecule has 112 valence electrons. The number of aryl methyl sites for hydroxylation is 1. The Morgan fingerprint density at radius 2 is 1.71 bits per heavy atom. The van der Waals surface area contributed by atoms with E-state index in [1.54, 1.807) is 14.2 Å². The van der Waals surface area contributed by atoms with Crippen LogP contribution in [0.5, 0.6) is 11.5 Å². The van der Waals surface area contributed by atoms with Crippen LogP contribution in [0.4, 0.5) is 5.69 Å². The van der Waals surface area contributed by atoms with Crippen molar-refractivity contribution in [2.24, 2.45) is 0 Å². The standard InChI is InChI=1S/C17H20INO2/c1-11-9-14(18)6-7-15(11)19-12(2)13-5-8-16(20-3)17(10-13)21-4/h5-10,12,19H,1-4H3. The van der Waals surface area contributed by atoms with Crippen molar-refractivity contribution >= 4 is 28.3 Å². The molecule has 0 radical (unpaired) electrons. The van der Waals surface area contributed by atoms with Crippen LogP contribution in [0.2, 0.25) is 0 Å². The smallest absolute Gasteiger partial charge is 0.161 e. The quantitative estimate of drug-likeness (QED) is 0.736. The van der Waals surface area contributed by atoms with E-state index in [-0.39, 0.29) is 6.04 Å². The first-order valence-electron chi connectivity index (χ1n) is 6.79. The highest BCUT2D eigenvalue weighted by Crippen LogP contribution is 2.31. The van der Waals surface area contributed by atoms with Crippen molar-refractivity contribution in [3.63, 3.8) is 0 Å².